The molecule has 0 fully saturated rings. The third kappa shape index (κ3) is 10.4. The second kappa shape index (κ2) is 14.1. The highest BCUT2D eigenvalue weighted by Gasteiger charge is 2.54. The Hall–Kier alpha value is -0.476. The van der Waals surface area contributed by atoms with Crippen LogP contribution >= 0.6 is 0 Å². The van der Waals surface area contributed by atoms with Crippen molar-refractivity contribution in [2.75, 3.05) is 7.05 Å². The third-order valence-electron chi connectivity index (χ3n) is 8.32. The number of hydrogen-bond donors (Lipinski definition) is 2. The van der Waals surface area contributed by atoms with Crippen molar-refractivity contribution in [3.8, 4) is 0 Å². The lowest BCUT2D eigenvalue weighted by atomic mass is 9.84. The summed E-state index contributed by atoms with van der Waals surface area (Å²) in [6.45, 7) is 30.2. The van der Waals surface area contributed by atoms with Crippen molar-refractivity contribution >= 4 is 22.5 Å². The lowest BCUT2D eigenvalue weighted by Gasteiger charge is -2.49. The Morgan fingerprint density at radius 3 is 1.75 bits per heavy atom. The monoisotopic (exact) mass is 543 g/mol. The zero-order valence-corrected chi connectivity index (χ0v) is 28.2. The second-order valence-corrected chi connectivity index (χ2v) is 23.4. The molecule has 0 spiro atoms. The molecule has 3 atom stereocenters. The minimum Gasteiger partial charge on any atom is -0.411 e. The maximum atomic E-state index is 13.4. The van der Waals surface area contributed by atoms with Crippen LogP contribution in [-0.2, 0) is 13.6 Å². The lowest BCUT2D eigenvalue weighted by molar-refractivity contribution is -0.160. The summed E-state index contributed by atoms with van der Waals surface area (Å²) in [5.41, 5.74) is -1.01. The zero-order valence-electron chi connectivity index (χ0n) is 26.2. The lowest BCUT2D eigenvalue weighted by Crippen LogP contribution is -2.64. The van der Waals surface area contributed by atoms with Gasteiger partial charge in [-0.3, -0.25) is 4.79 Å². The van der Waals surface area contributed by atoms with E-state index in [1.165, 1.54) is 25.7 Å². The van der Waals surface area contributed by atoms with Gasteiger partial charge in [-0.1, -0.05) is 92.6 Å². The maximum absolute atomic E-state index is 13.4. The molecule has 0 aliphatic heterocycles. The molecule has 1 amide bonds. The van der Waals surface area contributed by atoms with Gasteiger partial charge in [0.1, 0.15) is 6.10 Å². The number of carbonyl (C=O) groups excluding carboxylic acids is 1. The van der Waals surface area contributed by atoms with E-state index in [-0.39, 0.29) is 22.6 Å². The van der Waals surface area contributed by atoms with Crippen LogP contribution in [0, 0.1) is 0 Å². The van der Waals surface area contributed by atoms with E-state index in [9.17, 15) is 9.90 Å². The molecule has 0 heterocycles. The highest BCUT2D eigenvalue weighted by Crippen LogP contribution is 2.43. The van der Waals surface area contributed by atoms with Gasteiger partial charge in [0, 0.05) is 13.5 Å². The van der Waals surface area contributed by atoms with Crippen LogP contribution in [0.3, 0.4) is 0 Å². The molecule has 0 saturated heterocycles. The largest absolute Gasteiger partial charge is 0.411 e. The molecule has 0 aromatic rings. The molecule has 5 nitrogen and oxygen atoms in total. The molecular weight excluding hydrogens is 482 g/mol. The highest BCUT2D eigenvalue weighted by molar-refractivity contribution is 6.74. The molecule has 0 aliphatic carbocycles. The van der Waals surface area contributed by atoms with Crippen LogP contribution < -0.4 is 5.32 Å². The first-order valence-electron chi connectivity index (χ1n) is 14.1. The molecule has 0 aliphatic rings. The van der Waals surface area contributed by atoms with Crippen LogP contribution in [0.25, 0.3) is 0 Å². The summed E-state index contributed by atoms with van der Waals surface area (Å²) in [5.74, 6) is -0.430. The zero-order chi connectivity index (χ0) is 28.6. The van der Waals surface area contributed by atoms with Crippen molar-refractivity contribution in [3.63, 3.8) is 0 Å². The van der Waals surface area contributed by atoms with Crippen LogP contribution in [0.4, 0.5) is 0 Å². The first-order valence-corrected chi connectivity index (χ1v) is 19.9. The summed E-state index contributed by atoms with van der Waals surface area (Å²) in [5, 5.41) is 14.8. The number of nitrogens with one attached hydrogen (secondary N) is 1. The van der Waals surface area contributed by atoms with Crippen molar-refractivity contribution < 1.29 is 18.8 Å². The van der Waals surface area contributed by atoms with Crippen molar-refractivity contribution in [3.05, 3.63) is 12.2 Å². The summed E-state index contributed by atoms with van der Waals surface area (Å²) in [4.78, 5) is 13.4. The van der Waals surface area contributed by atoms with Gasteiger partial charge in [-0.25, -0.2) is 0 Å². The minimum atomic E-state index is -2.37. The van der Waals surface area contributed by atoms with E-state index in [0.717, 1.165) is 24.8 Å². The highest BCUT2D eigenvalue weighted by atomic mass is 28.4. The number of amides is 1. The van der Waals surface area contributed by atoms with Gasteiger partial charge in [0.15, 0.2) is 22.2 Å². The van der Waals surface area contributed by atoms with Gasteiger partial charge in [0.05, 0.1) is 6.10 Å². The van der Waals surface area contributed by atoms with E-state index in [1.54, 1.807) is 7.05 Å². The van der Waals surface area contributed by atoms with E-state index in [0.29, 0.717) is 0 Å². The van der Waals surface area contributed by atoms with Crippen molar-refractivity contribution in [2.24, 2.45) is 0 Å². The van der Waals surface area contributed by atoms with Crippen molar-refractivity contribution in [2.45, 2.75) is 161 Å². The molecule has 0 rings (SSSR count). The van der Waals surface area contributed by atoms with Crippen LogP contribution in [-0.4, -0.2) is 52.5 Å². The molecule has 7 heteroatoms. The molecule has 0 unspecified atom stereocenters. The SMILES string of the molecule is C=C(C)C[C@](O)(C(=O)NC)[C@@H](O[Si](C)(C)C(C)(C)C)[C@@H](CCCCCCCC)O[Si](C)(C)C(C)(C)C. The van der Waals surface area contributed by atoms with Gasteiger partial charge in [0.25, 0.3) is 5.91 Å². The van der Waals surface area contributed by atoms with E-state index in [4.69, 9.17) is 8.85 Å². The fraction of sp³-hybridized carbons (Fsp3) is 0.897. The molecular formula is C29H61NO4Si2. The number of unbranched alkanes of at least 4 members (excludes halogenated alkanes) is 5. The first-order chi connectivity index (χ1) is 16.2. The van der Waals surface area contributed by atoms with E-state index < -0.39 is 34.2 Å². The van der Waals surface area contributed by atoms with E-state index in [1.807, 2.05) is 6.92 Å². The Morgan fingerprint density at radius 2 is 1.33 bits per heavy atom. The predicted molar refractivity (Wildman–Crippen MR) is 161 cm³/mol. The standard InChI is InChI=1S/C29H61NO4Si2/c1-15-16-17-18-19-20-21-24(33-35(11,12)27(4,5)6)25(34-36(13,14)28(7,8)9)29(32,22-23(2)3)26(31)30-10/h24-25,32H,2,15-22H2,1,3-14H3,(H,30,31)/t24-,25+,29-/m1/s1. The van der Waals surface area contributed by atoms with Gasteiger partial charge < -0.3 is 19.3 Å². The molecule has 0 aromatic heterocycles. The number of likely N-dealkylation sites (N-methyl/N-ethyl adjacent to an activating group) is 1. The van der Waals surface area contributed by atoms with Crippen LogP contribution in [0.1, 0.15) is 107 Å². The van der Waals surface area contributed by atoms with Crippen molar-refractivity contribution in [1.82, 2.24) is 5.32 Å². The van der Waals surface area contributed by atoms with Crippen LogP contribution in [0.5, 0.6) is 0 Å². The fourth-order valence-corrected chi connectivity index (χ4v) is 6.60. The molecule has 0 bridgehead atoms. The summed E-state index contributed by atoms with van der Waals surface area (Å²) in [7, 11) is -3.02. The topological polar surface area (TPSA) is 67.8 Å². The Labute approximate surface area is 226 Å². The molecule has 214 valence electrons. The first kappa shape index (κ1) is 35.5. The fourth-order valence-electron chi connectivity index (χ4n) is 3.91. The summed E-state index contributed by atoms with van der Waals surface area (Å²) < 4.78 is 14.0. The average Bonchev–Trinajstić information content (AvgIpc) is 2.70. The van der Waals surface area contributed by atoms with Crippen molar-refractivity contribution in [1.29, 1.82) is 0 Å². The molecule has 36 heavy (non-hydrogen) atoms. The number of aliphatic hydroxyl groups is 1. The Kier molecular flexibility index (Phi) is 13.9. The number of hydrogen-bond acceptors (Lipinski definition) is 4. The average molecular weight is 544 g/mol. The normalized spacial score (nSPS) is 16.8. The van der Waals surface area contributed by atoms with E-state index in [2.05, 4.69) is 86.5 Å². The van der Waals surface area contributed by atoms with Gasteiger partial charge in [-0.15, -0.1) is 6.58 Å². The summed E-state index contributed by atoms with van der Waals surface area (Å²) in [6.07, 6.45) is 6.75. The van der Waals surface area contributed by atoms with Crippen LogP contribution in [0.15, 0.2) is 12.2 Å². The Morgan fingerprint density at radius 1 is 0.889 bits per heavy atom. The van der Waals surface area contributed by atoms with Gasteiger partial charge >= 0.3 is 0 Å². The second-order valence-electron chi connectivity index (χ2n) is 13.9. The van der Waals surface area contributed by atoms with Gasteiger partial charge in [-0.05, 0) is 49.6 Å². The van der Waals surface area contributed by atoms with Gasteiger partial charge in [-0.2, -0.15) is 0 Å². The molecule has 2 N–H and O–H groups in total. The summed E-state index contributed by atoms with van der Waals surface area (Å²) >= 11 is 0. The maximum Gasteiger partial charge on any atom is 0.254 e. The smallest absolute Gasteiger partial charge is 0.254 e. The molecule has 0 aromatic carbocycles. The Balaban J connectivity index is 6.63. The Bertz CT molecular complexity index is 694. The molecule has 0 radical (unpaired) electrons. The summed E-state index contributed by atoms with van der Waals surface area (Å²) in [6, 6.07) is 0. The number of carbonyl (C=O) groups is 1. The molecule has 0 saturated carbocycles. The third-order valence-corrected chi connectivity index (χ3v) is 17.3. The minimum absolute atomic E-state index is 0.00656. The quantitative estimate of drug-likeness (QED) is 0.118. The van der Waals surface area contributed by atoms with Crippen LogP contribution in [0.2, 0.25) is 36.3 Å². The predicted octanol–water partition coefficient (Wildman–Crippen LogP) is 7.96. The van der Waals surface area contributed by atoms with Gasteiger partial charge in [0.2, 0.25) is 0 Å². The van der Waals surface area contributed by atoms with E-state index >= 15 is 0 Å². The number of rotatable bonds is 16.